The molecule has 0 aliphatic heterocycles. The lowest BCUT2D eigenvalue weighted by Crippen LogP contribution is -2.37. The van der Waals surface area contributed by atoms with E-state index in [2.05, 4.69) is 36.1 Å². The van der Waals surface area contributed by atoms with Crippen LogP contribution >= 0.6 is 0 Å². The van der Waals surface area contributed by atoms with E-state index in [9.17, 15) is 5.26 Å². The van der Waals surface area contributed by atoms with Crippen LogP contribution in [0.15, 0.2) is 18.2 Å². The predicted octanol–water partition coefficient (Wildman–Crippen LogP) is 4.37. The minimum atomic E-state index is -0.269. The lowest BCUT2D eigenvalue weighted by molar-refractivity contribution is 0.324. The second-order valence-electron chi connectivity index (χ2n) is 6.90. The van der Waals surface area contributed by atoms with Crippen molar-refractivity contribution in [2.75, 3.05) is 17.2 Å². The average molecular weight is 297 g/mol. The van der Waals surface area contributed by atoms with E-state index in [1.807, 2.05) is 0 Å². The van der Waals surface area contributed by atoms with Gasteiger partial charge in [-0.05, 0) is 56.7 Å². The first-order chi connectivity index (χ1) is 10.7. The van der Waals surface area contributed by atoms with Gasteiger partial charge in [0.25, 0.3) is 0 Å². The van der Waals surface area contributed by atoms with Gasteiger partial charge in [-0.1, -0.05) is 25.3 Å². The van der Waals surface area contributed by atoms with Crippen molar-refractivity contribution in [1.82, 2.24) is 0 Å². The lowest BCUT2D eigenvalue weighted by atomic mass is 9.65. The molecular formula is C19H27N3. The maximum atomic E-state index is 9.51. The number of anilines is 2. The van der Waals surface area contributed by atoms with Crippen molar-refractivity contribution < 1.29 is 0 Å². The normalized spacial score (nSPS) is 20.9. The fourth-order valence-corrected chi connectivity index (χ4v) is 4.13. The summed E-state index contributed by atoms with van der Waals surface area (Å²) < 4.78 is 0. The first-order valence-electron chi connectivity index (χ1n) is 8.78. The van der Waals surface area contributed by atoms with Crippen LogP contribution in [0.3, 0.4) is 0 Å². The third kappa shape index (κ3) is 2.56. The molecular weight excluding hydrogens is 270 g/mol. The predicted molar refractivity (Wildman–Crippen MR) is 91.9 cm³/mol. The molecule has 2 fully saturated rings. The first-order valence-corrected chi connectivity index (χ1v) is 8.78. The summed E-state index contributed by atoms with van der Waals surface area (Å²) in [6.45, 7) is 3.21. The molecule has 2 aliphatic carbocycles. The summed E-state index contributed by atoms with van der Waals surface area (Å²) in [5.41, 5.74) is 9.22. The van der Waals surface area contributed by atoms with Crippen LogP contribution in [0.4, 0.5) is 11.4 Å². The molecule has 0 radical (unpaired) electrons. The smallest absolute Gasteiger partial charge is 0.0823 e. The van der Waals surface area contributed by atoms with Gasteiger partial charge in [0.2, 0.25) is 0 Å². The van der Waals surface area contributed by atoms with E-state index in [-0.39, 0.29) is 5.41 Å². The number of hydrogen-bond donors (Lipinski definition) is 1. The standard InChI is InChI=1S/C19H27N3/c1-2-22(16-7-4-3-5-8-16)18-10-9-15(13-17(18)21)19(14-20)11-6-12-19/h9-10,13,16H,2-8,11-12,21H2,1H3. The Morgan fingerprint density at radius 2 is 1.95 bits per heavy atom. The van der Waals surface area contributed by atoms with Crippen LogP contribution < -0.4 is 10.6 Å². The van der Waals surface area contributed by atoms with Crippen LogP contribution in [0.25, 0.3) is 0 Å². The van der Waals surface area contributed by atoms with Crippen molar-refractivity contribution in [2.45, 2.75) is 69.7 Å². The maximum Gasteiger partial charge on any atom is 0.0823 e. The molecule has 0 heterocycles. The van der Waals surface area contributed by atoms with Crippen LogP contribution in [-0.2, 0) is 5.41 Å². The van der Waals surface area contributed by atoms with Crippen LogP contribution in [-0.4, -0.2) is 12.6 Å². The Balaban J connectivity index is 1.86. The number of nitrogens with zero attached hydrogens (tertiary/aromatic N) is 2. The van der Waals surface area contributed by atoms with E-state index in [1.165, 1.54) is 32.1 Å². The molecule has 0 amide bonds. The van der Waals surface area contributed by atoms with Gasteiger partial charge in [0.1, 0.15) is 0 Å². The van der Waals surface area contributed by atoms with Gasteiger partial charge >= 0.3 is 0 Å². The van der Waals surface area contributed by atoms with Gasteiger partial charge in [-0.2, -0.15) is 5.26 Å². The molecule has 1 aromatic carbocycles. The second-order valence-corrected chi connectivity index (χ2v) is 6.90. The van der Waals surface area contributed by atoms with Gasteiger partial charge in [-0.15, -0.1) is 0 Å². The summed E-state index contributed by atoms with van der Waals surface area (Å²) in [6.07, 6.45) is 9.68. The quantitative estimate of drug-likeness (QED) is 0.839. The summed E-state index contributed by atoms with van der Waals surface area (Å²) in [7, 11) is 0. The maximum absolute atomic E-state index is 9.51. The molecule has 0 bridgehead atoms. The van der Waals surface area contributed by atoms with Gasteiger partial charge < -0.3 is 10.6 Å². The number of rotatable bonds is 4. The van der Waals surface area contributed by atoms with Crippen LogP contribution in [0.5, 0.6) is 0 Å². The largest absolute Gasteiger partial charge is 0.397 e. The molecule has 3 rings (SSSR count). The Hall–Kier alpha value is -1.69. The Morgan fingerprint density at radius 3 is 2.45 bits per heavy atom. The Bertz CT molecular complexity index is 563. The summed E-state index contributed by atoms with van der Waals surface area (Å²) >= 11 is 0. The SMILES string of the molecule is CCN(c1ccc(C2(C#N)CCC2)cc1N)C1CCCCC1. The highest BCUT2D eigenvalue weighted by molar-refractivity contribution is 5.70. The van der Waals surface area contributed by atoms with E-state index in [0.29, 0.717) is 6.04 Å². The summed E-state index contributed by atoms with van der Waals surface area (Å²) in [6, 6.07) is 9.49. The molecule has 0 saturated heterocycles. The molecule has 2 aliphatic rings. The highest BCUT2D eigenvalue weighted by atomic mass is 15.2. The minimum Gasteiger partial charge on any atom is -0.397 e. The minimum absolute atomic E-state index is 0.269. The van der Waals surface area contributed by atoms with Gasteiger partial charge in [0.15, 0.2) is 0 Å². The Kier molecular flexibility index (Phi) is 4.29. The van der Waals surface area contributed by atoms with Crippen molar-refractivity contribution in [1.29, 1.82) is 5.26 Å². The summed E-state index contributed by atoms with van der Waals surface area (Å²) in [5, 5.41) is 9.51. The van der Waals surface area contributed by atoms with Crippen LogP contribution in [0.1, 0.15) is 63.9 Å². The van der Waals surface area contributed by atoms with Gasteiger partial charge in [-0.3, -0.25) is 0 Å². The van der Waals surface area contributed by atoms with Crippen molar-refractivity contribution in [3.8, 4) is 6.07 Å². The highest BCUT2D eigenvalue weighted by Gasteiger charge is 2.39. The topological polar surface area (TPSA) is 53.0 Å². The monoisotopic (exact) mass is 297 g/mol. The van der Waals surface area contributed by atoms with Gasteiger partial charge in [-0.25, -0.2) is 0 Å². The first kappa shape index (κ1) is 15.2. The zero-order valence-electron chi connectivity index (χ0n) is 13.6. The van der Waals surface area contributed by atoms with E-state index in [4.69, 9.17) is 5.73 Å². The zero-order valence-corrected chi connectivity index (χ0v) is 13.6. The van der Waals surface area contributed by atoms with E-state index < -0.39 is 0 Å². The molecule has 22 heavy (non-hydrogen) atoms. The lowest BCUT2D eigenvalue weighted by Gasteiger charge is -2.38. The van der Waals surface area contributed by atoms with E-state index in [0.717, 1.165) is 42.7 Å². The fraction of sp³-hybridized carbons (Fsp3) is 0.632. The number of nitrogens with two attached hydrogens (primary N) is 1. The molecule has 0 spiro atoms. The average Bonchev–Trinajstić information content (AvgIpc) is 2.50. The zero-order chi connectivity index (χ0) is 15.6. The summed E-state index contributed by atoms with van der Waals surface area (Å²) in [4.78, 5) is 2.47. The van der Waals surface area contributed by atoms with Crippen LogP contribution in [0.2, 0.25) is 0 Å². The number of hydrogen-bond acceptors (Lipinski definition) is 3. The molecule has 3 nitrogen and oxygen atoms in total. The molecule has 2 saturated carbocycles. The van der Waals surface area contributed by atoms with Gasteiger partial charge in [0, 0.05) is 12.6 Å². The van der Waals surface area contributed by atoms with Crippen molar-refractivity contribution >= 4 is 11.4 Å². The van der Waals surface area contributed by atoms with Crippen molar-refractivity contribution in [3.05, 3.63) is 23.8 Å². The van der Waals surface area contributed by atoms with E-state index in [1.54, 1.807) is 0 Å². The number of nitrogen functional groups attached to an aromatic ring is 1. The molecule has 3 heteroatoms. The van der Waals surface area contributed by atoms with Crippen molar-refractivity contribution in [2.24, 2.45) is 0 Å². The molecule has 0 atom stereocenters. The van der Waals surface area contributed by atoms with Crippen molar-refractivity contribution in [3.63, 3.8) is 0 Å². The fourth-order valence-electron chi connectivity index (χ4n) is 4.13. The number of nitriles is 1. The van der Waals surface area contributed by atoms with Crippen LogP contribution in [0, 0.1) is 11.3 Å². The highest BCUT2D eigenvalue weighted by Crippen LogP contribution is 2.44. The Labute approximate surface area is 134 Å². The third-order valence-electron chi connectivity index (χ3n) is 5.67. The molecule has 0 unspecified atom stereocenters. The van der Waals surface area contributed by atoms with Gasteiger partial charge in [0.05, 0.1) is 22.9 Å². The third-order valence-corrected chi connectivity index (χ3v) is 5.67. The molecule has 0 aromatic heterocycles. The molecule has 2 N–H and O–H groups in total. The summed E-state index contributed by atoms with van der Waals surface area (Å²) in [5.74, 6) is 0. The van der Waals surface area contributed by atoms with E-state index >= 15 is 0 Å². The number of benzene rings is 1. The molecule has 1 aromatic rings. The Morgan fingerprint density at radius 1 is 1.23 bits per heavy atom. The molecule has 118 valence electrons. The second kappa shape index (κ2) is 6.20.